The lowest BCUT2D eigenvalue weighted by Gasteiger charge is -2.12. The maximum absolute atomic E-state index is 4.60. The van der Waals surface area contributed by atoms with Crippen LogP contribution in [0, 0.1) is 13.8 Å². The van der Waals surface area contributed by atoms with Crippen molar-refractivity contribution < 1.29 is 0 Å². The number of H-pyrrole nitrogens is 1. The minimum Gasteiger partial charge on any atom is -0.304 e. The molecule has 3 aromatic rings. The van der Waals surface area contributed by atoms with E-state index in [9.17, 15) is 0 Å². The van der Waals surface area contributed by atoms with E-state index in [1.165, 1.54) is 17.0 Å². The van der Waals surface area contributed by atoms with Crippen molar-refractivity contribution in [1.82, 2.24) is 24.9 Å². The van der Waals surface area contributed by atoms with Crippen LogP contribution in [0.2, 0.25) is 0 Å². The molecule has 3 rings (SSSR count). The summed E-state index contributed by atoms with van der Waals surface area (Å²) in [5.41, 5.74) is 4.75. The van der Waals surface area contributed by atoms with Crippen molar-refractivity contribution in [2.45, 2.75) is 33.4 Å². The first-order valence-corrected chi connectivity index (χ1v) is 7.19. The number of nitrogens with one attached hydrogen (secondary N) is 2. The predicted molar refractivity (Wildman–Crippen MR) is 76.4 cm³/mol. The molecule has 0 aliphatic carbocycles. The molecule has 3 heterocycles. The lowest BCUT2D eigenvalue weighted by atomic mass is 10.2. The van der Waals surface area contributed by atoms with Crippen LogP contribution in [0.4, 0.5) is 0 Å². The van der Waals surface area contributed by atoms with E-state index < -0.39 is 0 Å². The first-order valence-electron chi connectivity index (χ1n) is 6.31. The van der Waals surface area contributed by atoms with Gasteiger partial charge in [-0.2, -0.15) is 5.10 Å². The van der Waals surface area contributed by atoms with Gasteiger partial charge in [-0.15, -0.1) is 11.3 Å². The quantitative estimate of drug-likeness (QED) is 0.769. The minimum atomic E-state index is 0.266. The van der Waals surface area contributed by atoms with Crippen LogP contribution in [0.15, 0.2) is 17.8 Å². The third kappa shape index (κ3) is 2.17. The fraction of sp³-hybridized carbons (Fsp3) is 0.385. The van der Waals surface area contributed by atoms with Gasteiger partial charge in [0.15, 0.2) is 4.96 Å². The van der Waals surface area contributed by atoms with E-state index in [4.69, 9.17) is 0 Å². The summed E-state index contributed by atoms with van der Waals surface area (Å²) in [7, 11) is 0. The Hall–Kier alpha value is -1.66. The van der Waals surface area contributed by atoms with Crippen LogP contribution in [0.25, 0.3) is 4.96 Å². The van der Waals surface area contributed by atoms with Gasteiger partial charge in [-0.25, -0.2) is 4.98 Å². The molecule has 0 amide bonds. The van der Waals surface area contributed by atoms with E-state index in [2.05, 4.69) is 51.1 Å². The number of nitrogens with zero attached hydrogens (tertiary/aromatic N) is 3. The fourth-order valence-electron chi connectivity index (χ4n) is 2.24. The first-order chi connectivity index (χ1) is 9.16. The third-order valence-corrected chi connectivity index (χ3v) is 4.37. The standard InChI is InChI=1S/C13H17N5S/c1-8-7-19-13-17-10(3)12(18(8)13)6-14-9(2)11-4-15-16-5-11/h4-5,7,9,14H,6H2,1-3H3,(H,15,16). The molecule has 0 radical (unpaired) electrons. The number of rotatable bonds is 4. The lowest BCUT2D eigenvalue weighted by molar-refractivity contribution is 0.564. The predicted octanol–water partition coefficient (Wildman–Crippen LogP) is 2.59. The highest BCUT2D eigenvalue weighted by Crippen LogP contribution is 2.21. The molecule has 1 unspecified atom stereocenters. The van der Waals surface area contributed by atoms with Crippen LogP contribution < -0.4 is 5.32 Å². The molecule has 1 atom stereocenters. The molecule has 5 nitrogen and oxygen atoms in total. The highest BCUT2D eigenvalue weighted by atomic mass is 32.1. The Balaban J connectivity index is 1.82. The molecule has 0 bridgehead atoms. The zero-order valence-corrected chi connectivity index (χ0v) is 12.1. The Labute approximate surface area is 115 Å². The number of hydrogen-bond donors (Lipinski definition) is 2. The zero-order valence-electron chi connectivity index (χ0n) is 11.3. The highest BCUT2D eigenvalue weighted by molar-refractivity contribution is 7.15. The van der Waals surface area contributed by atoms with Crippen LogP contribution >= 0.6 is 11.3 Å². The Bertz CT molecular complexity index is 679. The van der Waals surface area contributed by atoms with Gasteiger partial charge in [0.25, 0.3) is 0 Å². The monoisotopic (exact) mass is 275 g/mol. The van der Waals surface area contributed by atoms with Gasteiger partial charge in [-0.3, -0.25) is 9.50 Å². The van der Waals surface area contributed by atoms with E-state index in [1.54, 1.807) is 11.3 Å². The van der Waals surface area contributed by atoms with Crippen molar-refractivity contribution in [3.05, 3.63) is 40.4 Å². The van der Waals surface area contributed by atoms with Crippen LogP contribution in [0.5, 0.6) is 0 Å². The molecule has 3 aromatic heterocycles. The Kier molecular flexibility index (Phi) is 3.12. The van der Waals surface area contributed by atoms with E-state index in [0.29, 0.717) is 0 Å². The summed E-state index contributed by atoms with van der Waals surface area (Å²) in [5, 5.41) is 12.5. The smallest absolute Gasteiger partial charge is 0.194 e. The SMILES string of the molecule is Cc1nc2scc(C)n2c1CNC(C)c1cn[nH]c1. The molecule has 0 spiro atoms. The van der Waals surface area contributed by atoms with Crippen molar-refractivity contribution in [2.24, 2.45) is 0 Å². The molecule has 0 aliphatic heterocycles. The molecule has 100 valence electrons. The molecular weight excluding hydrogens is 258 g/mol. The van der Waals surface area contributed by atoms with E-state index in [-0.39, 0.29) is 6.04 Å². The van der Waals surface area contributed by atoms with Crippen molar-refractivity contribution in [3.8, 4) is 0 Å². The van der Waals surface area contributed by atoms with Crippen LogP contribution in [0.3, 0.4) is 0 Å². The minimum absolute atomic E-state index is 0.266. The van der Waals surface area contributed by atoms with Gasteiger partial charge in [0.2, 0.25) is 0 Å². The Morgan fingerprint density at radius 1 is 1.47 bits per heavy atom. The van der Waals surface area contributed by atoms with Crippen molar-refractivity contribution in [1.29, 1.82) is 0 Å². The van der Waals surface area contributed by atoms with E-state index >= 15 is 0 Å². The molecule has 19 heavy (non-hydrogen) atoms. The number of imidazole rings is 1. The summed E-state index contributed by atoms with van der Waals surface area (Å²) in [5.74, 6) is 0. The topological polar surface area (TPSA) is 58.0 Å². The Morgan fingerprint density at radius 2 is 2.32 bits per heavy atom. The summed E-state index contributed by atoms with van der Waals surface area (Å²) in [4.78, 5) is 5.67. The van der Waals surface area contributed by atoms with Crippen molar-refractivity contribution in [3.63, 3.8) is 0 Å². The summed E-state index contributed by atoms with van der Waals surface area (Å²) in [6.07, 6.45) is 3.78. The number of aromatic amines is 1. The molecule has 0 aromatic carbocycles. The zero-order chi connectivity index (χ0) is 13.4. The average molecular weight is 275 g/mol. The highest BCUT2D eigenvalue weighted by Gasteiger charge is 2.13. The van der Waals surface area contributed by atoms with Gasteiger partial charge >= 0.3 is 0 Å². The number of hydrogen-bond acceptors (Lipinski definition) is 4. The number of aryl methyl sites for hydroxylation is 2. The van der Waals surface area contributed by atoms with E-state index in [1.807, 2.05) is 12.4 Å². The number of aromatic nitrogens is 4. The second-order valence-corrected chi connectivity index (χ2v) is 5.61. The van der Waals surface area contributed by atoms with Gasteiger partial charge in [0.1, 0.15) is 0 Å². The summed E-state index contributed by atoms with van der Waals surface area (Å²) >= 11 is 1.69. The lowest BCUT2D eigenvalue weighted by Crippen LogP contribution is -2.19. The first kappa shape index (κ1) is 12.4. The second-order valence-electron chi connectivity index (χ2n) is 4.77. The van der Waals surface area contributed by atoms with Gasteiger partial charge < -0.3 is 5.32 Å². The van der Waals surface area contributed by atoms with Gasteiger partial charge in [-0.05, 0) is 20.8 Å². The normalized spacial score (nSPS) is 13.2. The average Bonchev–Trinajstić information content (AvgIpc) is 3.07. The largest absolute Gasteiger partial charge is 0.304 e. The maximum Gasteiger partial charge on any atom is 0.194 e. The maximum atomic E-state index is 4.60. The second kappa shape index (κ2) is 4.79. The van der Waals surface area contributed by atoms with Gasteiger partial charge in [0.05, 0.1) is 17.6 Å². The van der Waals surface area contributed by atoms with Crippen LogP contribution in [0.1, 0.15) is 35.6 Å². The van der Waals surface area contributed by atoms with Crippen molar-refractivity contribution >= 4 is 16.3 Å². The van der Waals surface area contributed by atoms with Crippen molar-refractivity contribution in [2.75, 3.05) is 0 Å². The molecule has 0 fully saturated rings. The number of fused-ring (bicyclic) bond motifs is 1. The summed E-state index contributed by atoms with van der Waals surface area (Å²) in [6, 6.07) is 0.266. The summed E-state index contributed by atoms with van der Waals surface area (Å²) < 4.78 is 2.23. The molecule has 0 aliphatic rings. The molecule has 0 saturated heterocycles. The number of thiazole rings is 1. The van der Waals surface area contributed by atoms with Gasteiger partial charge in [-0.1, -0.05) is 0 Å². The fourth-order valence-corrected chi connectivity index (χ4v) is 3.17. The van der Waals surface area contributed by atoms with Gasteiger partial charge in [0, 0.05) is 35.4 Å². The molecular formula is C13H17N5S. The van der Waals surface area contributed by atoms with Crippen LogP contribution in [-0.4, -0.2) is 19.6 Å². The van der Waals surface area contributed by atoms with Crippen LogP contribution in [-0.2, 0) is 6.54 Å². The Morgan fingerprint density at radius 3 is 3.05 bits per heavy atom. The van der Waals surface area contributed by atoms with E-state index in [0.717, 1.165) is 17.2 Å². The molecule has 2 N–H and O–H groups in total. The third-order valence-electron chi connectivity index (χ3n) is 3.42. The molecule has 0 saturated carbocycles. The summed E-state index contributed by atoms with van der Waals surface area (Å²) in [6.45, 7) is 7.13. The molecule has 6 heteroatoms.